The van der Waals surface area contributed by atoms with Gasteiger partial charge in [-0.25, -0.2) is 0 Å². The Morgan fingerprint density at radius 1 is 1.50 bits per heavy atom. The number of hydrogen-bond donors (Lipinski definition) is 2. The fourth-order valence-corrected chi connectivity index (χ4v) is 1.75. The molecule has 4 nitrogen and oxygen atoms in total. The molecule has 2 unspecified atom stereocenters. The quantitative estimate of drug-likeness (QED) is 0.680. The maximum absolute atomic E-state index is 11.7. The van der Waals surface area contributed by atoms with E-state index in [0.29, 0.717) is 24.9 Å². The number of methoxy groups -OCH3 is 1. The highest BCUT2D eigenvalue weighted by Crippen LogP contribution is 2.32. The zero-order valence-corrected chi connectivity index (χ0v) is 10.5. The van der Waals surface area contributed by atoms with Crippen molar-refractivity contribution in [3.63, 3.8) is 0 Å². The lowest BCUT2D eigenvalue weighted by molar-refractivity contribution is -0.123. The molecular weight excluding hydrogens is 204 g/mol. The third-order valence-corrected chi connectivity index (χ3v) is 3.15. The molecule has 1 saturated carbocycles. The van der Waals surface area contributed by atoms with Crippen LogP contribution in [0.4, 0.5) is 0 Å². The molecule has 4 heteroatoms. The molecule has 0 heterocycles. The molecule has 3 N–H and O–H groups in total. The summed E-state index contributed by atoms with van der Waals surface area (Å²) in [6.07, 6.45) is 2.80. The molecule has 0 aromatic carbocycles. The smallest absolute Gasteiger partial charge is 0.221 e. The van der Waals surface area contributed by atoms with E-state index in [1.54, 1.807) is 7.11 Å². The topological polar surface area (TPSA) is 64.3 Å². The standard InChI is InChI=1S/C12H24N2O2/c1-8(2)11(7-16-3)14-12(15)6-10(13)9-4-5-9/h8-11H,4-7,13H2,1-3H3,(H,14,15). The van der Waals surface area contributed by atoms with Gasteiger partial charge in [-0.3, -0.25) is 4.79 Å². The van der Waals surface area contributed by atoms with E-state index in [9.17, 15) is 4.79 Å². The number of amides is 1. The number of carbonyl (C=O) groups excluding carboxylic acids is 1. The average molecular weight is 228 g/mol. The predicted molar refractivity (Wildman–Crippen MR) is 64.0 cm³/mol. The monoisotopic (exact) mass is 228 g/mol. The minimum atomic E-state index is 0.0374. The van der Waals surface area contributed by atoms with Crippen LogP contribution in [0.3, 0.4) is 0 Å². The van der Waals surface area contributed by atoms with Crippen molar-refractivity contribution in [2.24, 2.45) is 17.6 Å². The van der Waals surface area contributed by atoms with Gasteiger partial charge in [-0.2, -0.15) is 0 Å². The van der Waals surface area contributed by atoms with Crippen LogP contribution in [0.25, 0.3) is 0 Å². The van der Waals surface area contributed by atoms with E-state index in [4.69, 9.17) is 10.5 Å². The first-order valence-corrected chi connectivity index (χ1v) is 6.08. The molecule has 2 atom stereocenters. The Kier molecular flexibility index (Phi) is 5.22. The lowest BCUT2D eigenvalue weighted by atomic mass is 10.0. The van der Waals surface area contributed by atoms with Crippen LogP contribution >= 0.6 is 0 Å². The molecule has 0 aliphatic heterocycles. The van der Waals surface area contributed by atoms with Crippen molar-refractivity contribution < 1.29 is 9.53 Å². The summed E-state index contributed by atoms with van der Waals surface area (Å²) in [6.45, 7) is 4.71. The molecule has 1 fully saturated rings. The molecule has 0 aromatic rings. The SMILES string of the molecule is COCC(NC(=O)CC(N)C1CC1)C(C)C. The van der Waals surface area contributed by atoms with Gasteiger partial charge in [-0.1, -0.05) is 13.8 Å². The highest BCUT2D eigenvalue weighted by atomic mass is 16.5. The van der Waals surface area contributed by atoms with Crippen LogP contribution in [-0.4, -0.2) is 31.7 Å². The normalized spacial score (nSPS) is 19.6. The van der Waals surface area contributed by atoms with Gasteiger partial charge in [0, 0.05) is 19.6 Å². The summed E-state index contributed by atoms with van der Waals surface area (Å²) in [7, 11) is 1.65. The lowest BCUT2D eigenvalue weighted by Crippen LogP contribution is -2.43. The number of rotatable bonds is 7. The van der Waals surface area contributed by atoms with Gasteiger partial charge in [0.1, 0.15) is 0 Å². The second-order valence-corrected chi connectivity index (χ2v) is 5.08. The summed E-state index contributed by atoms with van der Waals surface area (Å²) in [6, 6.07) is 0.124. The van der Waals surface area contributed by atoms with E-state index >= 15 is 0 Å². The van der Waals surface area contributed by atoms with Gasteiger partial charge in [0.15, 0.2) is 0 Å². The van der Waals surface area contributed by atoms with Crippen LogP contribution in [-0.2, 0) is 9.53 Å². The van der Waals surface area contributed by atoms with Gasteiger partial charge in [0.2, 0.25) is 5.91 Å². The van der Waals surface area contributed by atoms with Crippen LogP contribution < -0.4 is 11.1 Å². The van der Waals surface area contributed by atoms with E-state index in [1.165, 1.54) is 12.8 Å². The van der Waals surface area contributed by atoms with Gasteiger partial charge in [-0.15, -0.1) is 0 Å². The van der Waals surface area contributed by atoms with Crippen molar-refractivity contribution >= 4 is 5.91 Å². The van der Waals surface area contributed by atoms with Crippen molar-refractivity contribution in [1.29, 1.82) is 0 Å². The van der Waals surface area contributed by atoms with Crippen molar-refractivity contribution in [2.45, 2.75) is 45.2 Å². The number of carbonyl (C=O) groups is 1. The summed E-state index contributed by atoms with van der Waals surface area (Å²) in [5, 5.41) is 2.99. The first-order chi connectivity index (χ1) is 7.54. The Labute approximate surface area is 97.9 Å². The Balaban J connectivity index is 2.29. The molecule has 1 amide bonds. The molecule has 0 spiro atoms. The Morgan fingerprint density at radius 3 is 2.56 bits per heavy atom. The fraction of sp³-hybridized carbons (Fsp3) is 0.917. The van der Waals surface area contributed by atoms with Gasteiger partial charge in [0.25, 0.3) is 0 Å². The van der Waals surface area contributed by atoms with Gasteiger partial charge >= 0.3 is 0 Å². The van der Waals surface area contributed by atoms with E-state index < -0.39 is 0 Å². The molecular formula is C12H24N2O2. The van der Waals surface area contributed by atoms with E-state index in [0.717, 1.165) is 0 Å². The molecule has 1 aliphatic rings. The predicted octanol–water partition coefficient (Wildman–Crippen LogP) is 0.901. The average Bonchev–Trinajstić information content (AvgIpc) is 2.99. The van der Waals surface area contributed by atoms with Gasteiger partial charge in [-0.05, 0) is 24.7 Å². The van der Waals surface area contributed by atoms with Crippen LogP contribution in [0.5, 0.6) is 0 Å². The molecule has 1 rings (SSSR count). The zero-order valence-electron chi connectivity index (χ0n) is 10.5. The maximum Gasteiger partial charge on any atom is 0.221 e. The second kappa shape index (κ2) is 6.21. The highest BCUT2D eigenvalue weighted by molar-refractivity contribution is 5.77. The van der Waals surface area contributed by atoms with Crippen LogP contribution in [0.15, 0.2) is 0 Å². The summed E-state index contributed by atoms with van der Waals surface area (Å²) in [5.41, 5.74) is 5.91. The molecule has 0 radical (unpaired) electrons. The fourth-order valence-electron chi connectivity index (χ4n) is 1.75. The summed E-state index contributed by atoms with van der Waals surface area (Å²) in [4.78, 5) is 11.7. The summed E-state index contributed by atoms with van der Waals surface area (Å²) >= 11 is 0. The van der Waals surface area contributed by atoms with Crippen molar-refractivity contribution in [3.8, 4) is 0 Å². The van der Waals surface area contributed by atoms with Crippen molar-refractivity contribution in [2.75, 3.05) is 13.7 Å². The number of ether oxygens (including phenoxy) is 1. The summed E-state index contributed by atoms with van der Waals surface area (Å²) in [5.74, 6) is 1.00. The van der Waals surface area contributed by atoms with Crippen molar-refractivity contribution in [1.82, 2.24) is 5.32 Å². The third kappa shape index (κ3) is 4.49. The molecule has 0 aromatic heterocycles. The lowest BCUT2D eigenvalue weighted by Gasteiger charge is -2.22. The number of nitrogens with two attached hydrogens (primary N) is 1. The van der Waals surface area contributed by atoms with Crippen molar-refractivity contribution in [3.05, 3.63) is 0 Å². The highest BCUT2D eigenvalue weighted by Gasteiger charge is 2.30. The van der Waals surface area contributed by atoms with E-state index in [-0.39, 0.29) is 18.0 Å². The Morgan fingerprint density at radius 2 is 2.12 bits per heavy atom. The van der Waals surface area contributed by atoms with E-state index in [1.807, 2.05) is 0 Å². The minimum absolute atomic E-state index is 0.0374. The Bertz CT molecular complexity index is 227. The zero-order chi connectivity index (χ0) is 12.1. The largest absolute Gasteiger partial charge is 0.383 e. The van der Waals surface area contributed by atoms with Gasteiger partial charge in [0.05, 0.1) is 12.6 Å². The van der Waals surface area contributed by atoms with Gasteiger partial charge < -0.3 is 15.8 Å². The van der Waals surface area contributed by atoms with E-state index in [2.05, 4.69) is 19.2 Å². The molecule has 0 saturated heterocycles. The third-order valence-electron chi connectivity index (χ3n) is 3.15. The molecule has 16 heavy (non-hydrogen) atoms. The van der Waals surface area contributed by atoms with Crippen LogP contribution in [0.1, 0.15) is 33.1 Å². The molecule has 0 bridgehead atoms. The number of nitrogens with one attached hydrogen (secondary N) is 1. The molecule has 94 valence electrons. The maximum atomic E-state index is 11.7. The first-order valence-electron chi connectivity index (χ1n) is 6.08. The minimum Gasteiger partial charge on any atom is -0.383 e. The Hall–Kier alpha value is -0.610. The molecule has 1 aliphatic carbocycles. The van der Waals surface area contributed by atoms with Crippen LogP contribution in [0.2, 0.25) is 0 Å². The second-order valence-electron chi connectivity index (χ2n) is 5.08. The first kappa shape index (κ1) is 13.5. The summed E-state index contributed by atoms with van der Waals surface area (Å²) < 4.78 is 5.08. The van der Waals surface area contributed by atoms with Crippen LogP contribution in [0, 0.1) is 11.8 Å². The number of hydrogen-bond acceptors (Lipinski definition) is 3.